The van der Waals surface area contributed by atoms with E-state index in [1.54, 1.807) is 0 Å². The highest BCUT2D eigenvalue weighted by Crippen LogP contribution is 2.29. The molecule has 2 aromatic rings. The van der Waals surface area contributed by atoms with Crippen LogP contribution in [-0.2, 0) is 22.3 Å². The molecule has 0 saturated heterocycles. The predicted octanol–water partition coefficient (Wildman–Crippen LogP) is 4.63. The van der Waals surface area contributed by atoms with Crippen LogP contribution < -0.4 is 0 Å². The van der Waals surface area contributed by atoms with Crippen molar-refractivity contribution in [3.05, 3.63) is 70.8 Å². The van der Waals surface area contributed by atoms with Crippen LogP contribution in [0.3, 0.4) is 0 Å². The van der Waals surface area contributed by atoms with Gasteiger partial charge in [-0.05, 0) is 48.4 Å². The lowest BCUT2D eigenvalue weighted by atomic mass is 10.1. The number of carbonyl (C=O) groups is 2. The highest BCUT2D eigenvalue weighted by molar-refractivity contribution is 5.93. The first kappa shape index (κ1) is 19.5. The van der Waals surface area contributed by atoms with Gasteiger partial charge in [0, 0.05) is 0 Å². The van der Waals surface area contributed by atoms with Gasteiger partial charge in [0.1, 0.15) is 6.61 Å². The van der Waals surface area contributed by atoms with Crippen molar-refractivity contribution in [3.8, 4) is 0 Å². The Balaban J connectivity index is 1.92. The van der Waals surface area contributed by atoms with Crippen LogP contribution >= 0.6 is 0 Å². The molecule has 2 rings (SSSR count). The van der Waals surface area contributed by atoms with Crippen molar-refractivity contribution in [1.82, 2.24) is 0 Å². The van der Waals surface area contributed by atoms with Gasteiger partial charge in [-0.1, -0.05) is 19.1 Å². The van der Waals surface area contributed by atoms with Gasteiger partial charge in [0.2, 0.25) is 0 Å². The number of carbonyl (C=O) groups excluding carboxylic acids is 2. The summed E-state index contributed by atoms with van der Waals surface area (Å²) in [5.41, 5.74) is 0.214. The maximum absolute atomic E-state index is 12.5. The summed E-state index contributed by atoms with van der Waals surface area (Å²) in [6, 6.07) is 10.1. The molecule has 0 bridgehead atoms. The first-order valence-electron chi connectivity index (χ1n) is 7.91. The highest BCUT2D eigenvalue weighted by atomic mass is 19.4. The summed E-state index contributed by atoms with van der Waals surface area (Å²) in [4.78, 5) is 23.7. The zero-order valence-electron chi connectivity index (χ0n) is 14.0. The van der Waals surface area contributed by atoms with Gasteiger partial charge in [-0.25, -0.2) is 9.59 Å². The van der Waals surface area contributed by atoms with E-state index in [9.17, 15) is 22.8 Å². The van der Waals surface area contributed by atoms with Gasteiger partial charge in [-0.15, -0.1) is 0 Å². The smallest absolute Gasteiger partial charge is 0.416 e. The molecule has 0 radical (unpaired) electrons. The zero-order chi connectivity index (χ0) is 19.2. The third-order valence-electron chi connectivity index (χ3n) is 3.44. The number of halogens is 3. The van der Waals surface area contributed by atoms with Crippen LogP contribution in [0.1, 0.15) is 45.2 Å². The SMILES string of the molecule is CCCOC(=O)c1ccc(C(=O)OCc2ccc(C(F)(F)F)cc2)cc1. The van der Waals surface area contributed by atoms with E-state index in [2.05, 4.69) is 0 Å². The minimum Gasteiger partial charge on any atom is -0.462 e. The van der Waals surface area contributed by atoms with E-state index in [-0.39, 0.29) is 12.2 Å². The Morgan fingerprint density at radius 2 is 1.35 bits per heavy atom. The van der Waals surface area contributed by atoms with E-state index in [1.807, 2.05) is 6.92 Å². The van der Waals surface area contributed by atoms with E-state index in [1.165, 1.54) is 36.4 Å². The minimum absolute atomic E-state index is 0.155. The van der Waals surface area contributed by atoms with Crippen LogP contribution in [0.5, 0.6) is 0 Å². The average molecular weight is 366 g/mol. The van der Waals surface area contributed by atoms with E-state index < -0.39 is 23.7 Å². The number of rotatable bonds is 6. The van der Waals surface area contributed by atoms with E-state index in [0.717, 1.165) is 12.1 Å². The Kier molecular flexibility index (Phi) is 6.38. The lowest BCUT2D eigenvalue weighted by Gasteiger charge is -2.09. The molecule has 0 saturated carbocycles. The molecule has 138 valence electrons. The van der Waals surface area contributed by atoms with Gasteiger partial charge in [0.15, 0.2) is 0 Å². The summed E-state index contributed by atoms with van der Waals surface area (Å²) in [5.74, 6) is -1.12. The molecule has 0 fully saturated rings. The summed E-state index contributed by atoms with van der Waals surface area (Å²) < 4.78 is 47.5. The third-order valence-corrected chi connectivity index (χ3v) is 3.44. The zero-order valence-corrected chi connectivity index (χ0v) is 14.0. The Bertz CT molecular complexity index is 750. The molecule has 7 heteroatoms. The number of benzene rings is 2. The third kappa shape index (κ3) is 5.34. The van der Waals surface area contributed by atoms with Crippen molar-refractivity contribution in [1.29, 1.82) is 0 Å². The summed E-state index contributed by atoms with van der Waals surface area (Å²) in [6.45, 7) is 2.04. The van der Waals surface area contributed by atoms with Crippen LogP contribution in [0.2, 0.25) is 0 Å². The molecule has 0 N–H and O–H groups in total. The number of alkyl halides is 3. The molecule has 0 spiro atoms. The summed E-state index contributed by atoms with van der Waals surface area (Å²) in [6.07, 6.45) is -3.70. The van der Waals surface area contributed by atoms with Crippen molar-refractivity contribution in [2.45, 2.75) is 26.1 Å². The van der Waals surface area contributed by atoms with E-state index >= 15 is 0 Å². The molecule has 4 nitrogen and oxygen atoms in total. The molecule has 0 unspecified atom stereocenters. The molecule has 0 aliphatic heterocycles. The molecule has 0 aliphatic rings. The first-order valence-corrected chi connectivity index (χ1v) is 7.91. The number of esters is 2. The predicted molar refractivity (Wildman–Crippen MR) is 87.6 cm³/mol. The van der Waals surface area contributed by atoms with Crippen LogP contribution in [0, 0.1) is 0 Å². The normalized spacial score (nSPS) is 11.1. The fourth-order valence-corrected chi connectivity index (χ4v) is 2.04. The molecular weight excluding hydrogens is 349 g/mol. The van der Waals surface area contributed by atoms with Gasteiger partial charge in [0.25, 0.3) is 0 Å². The van der Waals surface area contributed by atoms with Crippen LogP contribution in [0.25, 0.3) is 0 Å². The number of ether oxygens (including phenoxy) is 2. The average Bonchev–Trinajstić information content (AvgIpc) is 2.64. The monoisotopic (exact) mass is 366 g/mol. The van der Waals surface area contributed by atoms with Gasteiger partial charge in [-0.3, -0.25) is 0 Å². The Hall–Kier alpha value is -2.83. The van der Waals surface area contributed by atoms with Gasteiger partial charge < -0.3 is 9.47 Å². The summed E-state index contributed by atoms with van der Waals surface area (Å²) in [5, 5.41) is 0. The molecule has 2 aromatic carbocycles. The largest absolute Gasteiger partial charge is 0.462 e. The summed E-state index contributed by atoms with van der Waals surface area (Å²) >= 11 is 0. The topological polar surface area (TPSA) is 52.6 Å². The molecule has 26 heavy (non-hydrogen) atoms. The Labute approximate surface area is 148 Å². The number of hydrogen-bond donors (Lipinski definition) is 0. The Morgan fingerprint density at radius 1 is 0.846 bits per heavy atom. The van der Waals surface area contributed by atoms with E-state index in [4.69, 9.17) is 9.47 Å². The van der Waals surface area contributed by atoms with E-state index in [0.29, 0.717) is 24.2 Å². The second-order valence-electron chi connectivity index (χ2n) is 5.48. The lowest BCUT2D eigenvalue weighted by molar-refractivity contribution is -0.137. The van der Waals surface area contributed by atoms with Crippen molar-refractivity contribution < 1.29 is 32.2 Å². The molecular formula is C19H17F3O4. The maximum atomic E-state index is 12.5. The second kappa shape index (κ2) is 8.51. The standard InChI is InChI=1S/C19H17F3O4/c1-2-11-25-17(23)14-5-7-15(8-6-14)18(24)26-12-13-3-9-16(10-4-13)19(20,21)22/h3-10H,2,11-12H2,1H3. The van der Waals surface area contributed by atoms with Gasteiger partial charge in [0.05, 0.1) is 23.3 Å². The first-order chi connectivity index (χ1) is 12.3. The second-order valence-corrected chi connectivity index (χ2v) is 5.48. The quantitative estimate of drug-likeness (QED) is 0.700. The van der Waals surface area contributed by atoms with Crippen molar-refractivity contribution in [2.75, 3.05) is 6.61 Å². The summed E-state index contributed by atoms with van der Waals surface area (Å²) in [7, 11) is 0. The molecule has 0 heterocycles. The molecule has 0 aliphatic carbocycles. The van der Waals surface area contributed by atoms with Gasteiger partial charge in [-0.2, -0.15) is 13.2 Å². The van der Waals surface area contributed by atoms with Crippen LogP contribution in [0.4, 0.5) is 13.2 Å². The lowest BCUT2D eigenvalue weighted by Crippen LogP contribution is -2.08. The maximum Gasteiger partial charge on any atom is 0.416 e. The fourth-order valence-electron chi connectivity index (χ4n) is 2.04. The van der Waals surface area contributed by atoms with Gasteiger partial charge >= 0.3 is 18.1 Å². The molecule has 0 atom stereocenters. The highest BCUT2D eigenvalue weighted by Gasteiger charge is 2.29. The van der Waals surface area contributed by atoms with Crippen LogP contribution in [-0.4, -0.2) is 18.5 Å². The van der Waals surface area contributed by atoms with Crippen molar-refractivity contribution in [2.24, 2.45) is 0 Å². The Morgan fingerprint density at radius 3 is 1.81 bits per heavy atom. The number of hydrogen-bond acceptors (Lipinski definition) is 4. The van der Waals surface area contributed by atoms with Crippen molar-refractivity contribution >= 4 is 11.9 Å². The molecule has 0 amide bonds. The fraction of sp³-hybridized carbons (Fsp3) is 0.263. The minimum atomic E-state index is -4.41. The molecule has 0 aromatic heterocycles. The van der Waals surface area contributed by atoms with Crippen molar-refractivity contribution in [3.63, 3.8) is 0 Å². The van der Waals surface area contributed by atoms with Crippen LogP contribution in [0.15, 0.2) is 48.5 Å².